The van der Waals surface area contributed by atoms with Crippen molar-refractivity contribution in [3.8, 4) is 0 Å². The first-order valence-electron chi connectivity index (χ1n) is 14.8. The largest absolute Gasteiger partial charge is 0.455 e. The standard InChI is InChI=1S/C32H41F3N4O4/c1-18(2)23-17-27(32(33,34)35)31(5,6)14-13-21-9-10-22-11-12-24(37-26(22)16-21)20(4)43-30(42)25-8-7-15-39(38-25)29(41)19(3)36-28(23)40/h9-14,16,18-20,23,25,27,38H,7-8,15,17H2,1-6H3,(H,36,40)/b14-13+/t19-,20?,23-,25-,27-/m0/s1. The van der Waals surface area contributed by atoms with Gasteiger partial charge in [-0.25, -0.2) is 10.4 Å². The second-order valence-corrected chi connectivity index (χ2v) is 12.6. The van der Waals surface area contributed by atoms with E-state index >= 15 is 0 Å². The van der Waals surface area contributed by atoms with Gasteiger partial charge in [-0.2, -0.15) is 13.2 Å². The highest BCUT2D eigenvalue weighted by atomic mass is 19.4. The van der Waals surface area contributed by atoms with Gasteiger partial charge in [0.05, 0.1) is 17.1 Å². The van der Waals surface area contributed by atoms with Crippen LogP contribution in [0.5, 0.6) is 0 Å². The minimum absolute atomic E-state index is 0.303. The van der Waals surface area contributed by atoms with Crippen LogP contribution >= 0.6 is 0 Å². The fourth-order valence-corrected chi connectivity index (χ4v) is 5.75. The number of hydrogen-bond acceptors (Lipinski definition) is 6. The molecule has 5 atom stereocenters. The van der Waals surface area contributed by atoms with Crippen LogP contribution in [-0.2, 0) is 19.1 Å². The summed E-state index contributed by atoms with van der Waals surface area (Å²) in [6.07, 6.45) is -1.56. The molecule has 0 saturated carbocycles. The number of hydrazine groups is 1. The maximum Gasteiger partial charge on any atom is 0.392 e. The first-order chi connectivity index (χ1) is 20.1. The van der Waals surface area contributed by atoms with E-state index < -0.39 is 71.7 Å². The van der Waals surface area contributed by atoms with E-state index in [-0.39, 0.29) is 0 Å². The Bertz CT molecular complexity index is 1390. The molecule has 1 aromatic carbocycles. The lowest BCUT2D eigenvalue weighted by atomic mass is 9.71. The SMILES string of the molecule is CC1OC(=O)[C@@H]2CCCN(N2)C(=O)[C@H](C)NC(=O)[C@H](C(C)C)C[C@H](C(F)(F)F)C(C)(C)/C=C/c2ccc3ccc1nc3c2. The maximum atomic E-state index is 14.6. The highest BCUT2D eigenvalue weighted by Gasteiger charge is 2.49. The van der Waals surface area contributed by atoms with Crippen molar-refractivity contribution in [3.63, 3.8) is 0 Å². The lowest BCUT2D eigenvalue weighted by Crippen LogP contribution is -2.59. The van der Waals surface area contributed by atoms with E-state index in [1.807, 2.05) is 12.1 Å². The smallest absolute Gasteiger partial charge is 0.392 e. The van der Waals surface area contributed by atoms with Crippen LogP contribution < -0.4 is 10.7 Å². The summed E-state index contributed by atoms with van der Waals surface area (Å²) in [4.78, 5) is 44.4. The van der Waals surface area contributed by atoms with Gasteiger partial charge in [-0.15, -0.1) is 0 Å². The lowest BCUT2D eigenvalue weighted by molar-refractivity contribution is -0.202. The molecule has 0 radical (unpaired) electrons. The summed E-state index contributed by atoms with van der Waals surface area (Å²) < 4.78 is 49.5. The third kappa shape index (κ3) is 7.55. The van der Waals surface area contributed by atoms with Gasteiger partial charge in [0.25, 0.3) is 5.91 Å². The van der Waals surface area contributed by atoms with Gasteiger partial charge in [-0.1, -0.05) is 58.0 Å². The van der Waals surface area contributed by atoms with Crippen molar-refractivity contribution in [2.24, 2.45) is 23.2 Å². The predicted octanol–water partition coefficient (Wildman–Crippen LogP) is 5.73. The molecule has 2 aliphatic rings. The number of alkyl halides is 3. The van der Waals surface area contributed by atoms with Gasteiger partial charge in [0.1, 0.15) is 18.2 Å². The van der Waals surface area contributed by atoms with Crippen molar-refractivity contribution in [1.29, 1.82) is 0 Å². The number of aromatic nitrogens is 1. The van der Waals surface area contributed by atoms with Crippen LogP contribution in [0.15, 0.2) is 36.4 Å². The van der Waals surface area contributed by atoms with Crippen LogP contribution in [0.3, 0.4) is 0 Å². The number of amides is 2. The maximum absolute atomic E-state index is 14.6. The van der Waals surface area contributed by atoms with E-state index in [1.165, 1.54) is 31.9 Å². The monoisotopic (exact) mass is 602 g/mol. The molecule has 3 heterocycles. The highest BCUT2D eigenvalue weighted by Crippen LogP contribution is 2.46. The van der Waals surface area contributed by atoms with E-state index in [1.54, 1.807) is 45.0 Å². The first-order valence-corrected chi connectivity index (χ1v) is 14.8. The number of carbonyl (C=O) groups is 3. The number of allylic oxidation sites excluding steroid dienone is 1. The minimum Gasteiger partial charge on any atom is -0.455 e. The quantitative estimate of drug-likeness (QED) is 0.405. The third-order valence-corrected chi connectivity index (χ3v) is 8.54. The molecule has 11 heteroatoms. The molecular weight excluding hydrogens is 561 g/mol. The minimum atomic E-state index is -4.58. The molecule has 5 bridgehead atoms. The van der Waals surface area contributed by atoms with Gasteiger partial charge >= 0.3 is 12.1 Å². The summed E-state index contributed by atoms with van der Waals surface area (Å²) in [6, 6.07) is 7.23. The Balaban J connectivity index is 1.76. The van der Waals surface area contributed by atoms with Crippen LogP contribution in [0.4, 0.5) is 13.2 Å². The molecule has 8 nitrogen and oxygen atoms in total. The number of hydrogen-bond donors (Lipinski definition) is 2. The van der Waals surface area contributed by atoms with Gasteiger partial charge in [0.15, 0.2) is 0 Å². The average molecular weight is 603 g/mol. The molecule has 0 spiro atoms. The summed E-state index contributed by atoms with van der Waals surface area (Å²) in [7, 11) is 0. The Morgan fingerprint density at radius 3 is 2.47 bits per heavy atom. The molecular formula is C32H41F3N4O4. The third-order valence-electron chi connectivity index (χ3n) is 8.54. The van der Waals surface area contributed by atoms with Crippen molar-refractivity contribution in [3.05, 3.63) is 47.7 Å². The predicted molar refractivity (Wildman–Crippen MR) is 157 cm³/mol. The molecule has 2 aromatic rings. The molecule has 2 N–H and O–H groups in total. The summed E-state index contributed by atoms with van der Waals surface area (Å²) >= 11 is 0. The summed E-state index contributed by atoms with van der Waals surface area (Å²) in [5.41, 5.74) is 3.35. The van der Waals surface area contributed by atoms with Gasteiger partial charge in [-0.3, -0.25) is 19.4 Å². The zero-order chi connectivity index (χ0) is 31.7. The number of fused-ring (bicyclic) bond motifs is 4. The molecule has 1 saturated heterocycles. The number of benzene rings is 1. The molecule has 43 heavy (non-hydrogen) atoms. The average Bonchev–Trinajstić information content (AvgIpc) is 2.93. The summed E-state index contributed by atoms with van der Waals surface area (Å²) in [6.45, 7) is 9.94. The second kappa shape index (κ2) is 12.6. The van der Waals surface area contributed by atoms with Crippen molar-refractivity contribution < 1.29 is 32.3 Å². The molecule has 2 aliphatic heterocycles. The normalized spacial score (nSPS) is 28.5. The zero-order valence-corrected chi connectivity index (χ0v) is 25.5. The molecule has 4 rings (SSSR count). The van der Waals surface area contributed by atoms with Crippen LogP contribution in [0, 0.1) is 23.2 Å². The van der Waals surface area contributed by atoms with E-state index in [0.29, 0.717) is 36.2 Å². The van der Waals surface area contributed by atoms with Crippen LogP contribution in [0.1, 0.15) is 78.2 Å². The Morgan fingerprint density at radius 1 is 1.09 bits per heavy atom. The fraction of sp³-hybridized carbons (Fsp3) is 0.562. The first kappa shape index (κ1) is 32.4. The lowest BCUT2D eigenvalue weighted by Gasteiger charge is -2.37. The van der Waals surface area contributed by atoms with Crippen molar-refractivity contribution >= 4 is 34.8 Å². The van der Waals surface area contributed by atoms with Crippen LogP contribution in [0.25, 0.3) is 17.0 Å². The number of ether oxygens (including phenoxy) is 1. The Kier molecular flexibility index (Phi) is 9.54. The Labute approximate surface area is 250 Å². The fourth-order valence-electron chi connectivity index (χ4n) is 5.75. The van der Waals surface area contributed by atoms with Crippen LogP contribution in [-0.4, -0.2) is 52.6 Å². The topological polar surface area (TPSA) is 101 Å². The van der Waals surface area contributed by atoms with Crippen molar-refractivity contribution in [2.45, 2.75) is 85.2 Å². The van der Waals surface area contributed by atoms with Gasteiger partial charge < -0.3 is 10.1 Å². The van der Waals surface area contributed by atoms with Crippen LogP contribution in [0.2, 0.25) is 0 Å². The number of rotatable bonds is 1. The van der Waals surface area contributed by atoms with E-state index in [0.717, 1.165) is 5.39 Å². The van der Waals surface area contributed by atoms with Crippen molar-refractivity contribution in [2.75, 3.05) is 6.54 Å². The number of pyridine rings is 1. The number of cyclic esters (lactones) is 1. The van der Waals surface area contributed by atoms with Gasteiger partial charge in [0.2, 0.25) is 5.91 Å². The molecule has 1 fully saturated rings. The number of esters is 1. The molecule has 0 aliphatic carbocycles. The molecule has 234 valence electrons. The number of nitrogens with one attached hydrogen (secondary N) is 2. The van der Waals surface area contributed by atoms with Crippen molar-refractivity contribution in [1.82, 2.24) is 20.7 Å². The summed E-state index contributed by atoms with van der Waals surface area (Å²) in [5.74, 6) is -4.88. The zero-order valence-electron chi connectivity index (χ0n) is 25.5. The molecule has 1 aromatic heterocycles. The number of carbonyl (C=O) groups excluding carboxylic acids is 3. The van der Waals surface area contributed by atoms with Gasteiger partial charge in [-0.05, 0) is 62.1 Å². The Morgan fingerprint density at radius 2 is 1.79 bits per heavy atom. The molecule has 2 amide bonds. The van der Waals surface area contributed by atoms with E-state index in [4.69, 9.17) is 4.74 Å². The van der Waals surface area contributed by atoms with E-state index in [2.05, 4.69) is 15.7 Å². The number of halogens is 3. The summed E-state index contributed by atoms with van der Waals surface area (Å²) in [5, 5.41) is 4.75. The highest BCUT2D eigenvalue weighted by molar-refractivity contribution is 5.88. The van der Waals surface area contributed by atoms with Gasteiger partial charge in [0, 0.05) is 17.8 Å². The van der Waals surface area contributed by atoms with E-state index in [9.17, 15) is 27.6 Å². The number of nitrogens with zero attached hydrogens (tertiary/aromatic N) is 2. The Hall–Kier alpha value is -3.47. The molecule has 1 unspecified atom stereocenters. The second-order valence-electron chi connectivity index (χ2n) is 12.6.